The molecule has 1 N–H and O–H groups in total. The molecule has 142 valence electrons. The second kappa shape index (κ2) is 7.56. The summed E-state index contributed by atoms with van der Waals surface area (Å²) in [5.74, 6) is 1.08. The molecule has 1 fully saturated rings. The Morgan fingerprint density at radius 1 is 0.929 bits per heavy atom. The molecule has 3 aromatic rings. The summed E-state index contributed by atoms with van der Waals surface area (Å²) in [6, 6.07) is 17.4. The zero-order chi connectivity index (χ0) is 18.9. The first-order valence-corrected chi connectivity index (χ1v) is 10.6. The van der Waals surface area contributed by atoms with Gasteiger partial charge in [0.25, 0.3) is 0 Å². The molecule has 5 rings (SSSR count). The number of nitrogens with one attached hydrogen (secondary N) is 1. The fraction of sp³-hybridized carbons (Fsp3) is 0.333. The summed E-state index contributed by atoms with van der Waals surface area (Å²) in [4.78, 5) is 9.61. The van der Waals surface area contributed by atoms with Crippen molar-refractivity contribution >= 4 is 17.5 Å². The Morgan fingerprint density at radius 3 is 2.54 bits per heavy atom. The molecular weight excluding hydrogens is 366 g/mol. The predicted octanol–water partition coefficient (Wildman–Crippen LogP) is 6.23. The SMILES string of the molecule is Clc1ccc(C2Cc3cnc(NC4CCCCC4)nc3-c3ccccc32)cc1. The predicted molar refractivity (Wildman–Crippen MR) is 115 cm³/mol. The zero-order valence-corrected chi connectivity index (χ0v) is 16.6. The van der Waals surface area contributed by atoms with Gasteiger partial charge in [-0.05, 0) is 48.1 Å². The van der Waals surface area contributed by atoms with Crippen molar-refractivity contribution in [2.24, 2.45) is 0 Å². The van der Waals surface area contributed by atoms with E-state index in [1.165, 1.54) is 54.4 Å². The zero-order valence-electron chi connectivity index (χ0n) is 15.9. The molecule has 28 heavy (non-hydrogen) atoms. The fourth-order valence-electron chi connectivity index (χ4n) is 4.63. The van der Waals surface area contributed by atoms with E-state index in [0.717, 1.165) is 23.1 Å². The quantitative estimate of drug-likeness (QED) is 0.577. The molecule has 2 aliphatic carbocycles. The molecule has 1 unspecified atom stereocenters. The third kappa shape index (κ3) is 3.40. The van der Waals surface area contributed by atoms with E-state index in [9.17, 15) is 0 Å². The number of nitrogens with zero attached hydrogens (tertiary/aromatic N) is 2. The van der Waals surface area contributed by atoms with Gasteiger partial charge in [0.1, 0.15) is 0 Å². The van der Waals surface area contributed by atoms with Gasteiger partial charge >= 0.3 is 0 Å². The number of anilines is 1. The largest absolute Gasteiger partial charge is 0.351 e. The van der Waals surface area contributed by atoms with Crippen LogP contribution in [0.1, 0.15) is 54.7 Å². The van der Waals surface area contributed by atoms with E-state index in [4.69, 9.17) is 16.6 Å². The highest BCUT2D eigenvalue weighted by molar-refractivity contribution is 6.30. The highest BCUT2D eigenvalue weighted by atomic mass is 35.5. The van der Waals surface area contributed by atoms with Crippen molar-refractivity contribution in [3.63, 3.8) is 0 Å². The van der Waals surface area contributed by atoms with Gasteiger partial charge in [0.05, 0.1) is 5.69 Å². The number of hydrogen-bond donors (Lipinski definition) is 1. The second-order valence-corrected chi connectivity index (χ2v) is 8.38. The van der Waals surface area contributed by atoms with Crippen LogP contribution in [0.15, 0.2) is 54.7 Å². The number of aromatic nitrogens is 2. The number of rotatable bonds is 3. The van der Waals surface area contributed by atoms with Crippen LogP contribution >= 0.6 is 11.6 Å². The molecule has 0 saturated heterocycles. The molecule has 2 aromatic carbocycles. The molecule has 2 aliphatic rings. The van der Waals surface area contributed by atoms with E-state index in [-0.39, 0.29) is 0 Å². The van der Waals surface area contributed by atoms with Crippen LogP contribution < -0.4 is 5.32 Å². The number of benzene rings is 2. The van der Waals surface area contributed by atoms with Gasteiger partial charge in [-0.1, -0.05) is 67.3 Å². The summed E-state index contributed by atoms with van der Waals surface area (Å²) < 4.78 is 0. The number of halogens is 1. The topological polar surface area (TPSA) is 37.8 Å². The van der Waals surface area contributed by atoms with Gasteiger partial charge in [-0.25, -0.2) is 9.97 Å². The van der Waals surface area contributed by atoms with Crippen LogP contribution in [0.5, 0.6) is 0 Å². The van der Waals surface area contributed by atoms with Crippen molar-refractivity contribution in [1.82, 2.24) is 9.97 Å². The highest BCUT2D eigenvalue weighted by Crippen LogP contribution is 2.42. The third-order valence-corrected chi connectivity index (χ3v) is 6.34. The lowest BCUT2D eigenvalue weighted by atomic mass is 9.78. The van der Waals surface area contributed by atoms with Crippen molar-refractivity contribution in [3.05, 3.63) is 76.4 Å². The van der Waals surface area contributed by atoms with E-state index in [1.54, 1.807) is 0 Å². The summed E-state index contributed by atoms with van der Waals surface area (Å²) in [5.41, 5.74) is 6.13. The Hall–Kier alpha value is -2.39. The van der Waals surface area contributed by atoms with E-state index in [1.807, 2.05) is 18.3 Å². The van der Waals surface area contributed by atoms with Crippen LogP contribution in [0.4, 0.5) is 5.95 Å². The maximum Gasteiger partial charge on any atom is 0.223 e. The average Bonchev–Trinajstić information content (AvgIpc) is 2.75. The molecule has 0 spiro atoms. The van der Waals surface area contributed by atoms with Crippen molar-refractivity contribution in [2.45, 2.75) is 50.5 Å². The minimum Gasteiger partial charge on any atom is -0.351 e. The van der Waals surface area contributed by atoms with Crippen LogP contribution in [0.2, 0.25) is 5.02 Å². The Kier molecular flexibility index (Phi) is 4.77. The van der Waals surface area contributed by atoms with Gasteiger partial charge < -0.3 is 5.32 Å². The van der Waals surface area contributed by atoms with E-state index >= 15 is 0 Å². The van der Waals surface area contributed by atoms with Gasteiger partial charge in [0, 0.05) is 28.7 Å². The molecule has 1 atom stereocenters. The minimum absolute atomic E-state index is 0.307. The van der Waals surface area contributed by atoms with E-state index in [2.05, 4.69) is 46.7 Å². The number of hydrogen-bond acceptors (Lipinski definition) is 3. The molecular formula is C24H24ClN3. The average molecular weight is 390 g/mol. The lowest BCUT2D eigenvalue weighted by molar-refractivity contribution is 0.461. The van der Waals surface area contributed by atoms with E-state index in [0.29, 0.717) is 12.0 Å². The Bertz CT molecular complexity index is 977. The summed E-state index contributed by atoms with van der Waals surface area (Å²) >= 11 is 6.10. The van der Waals surface area contributed by atoms with Gasteiger partial charge in [-0.15, -0.1) is 0 Å². The lowest BCUT2D eigenvalue weighted by Gasteiger charge is -2.28. The Morgan fingerprint density at radius 2 is 1.71 bits per heavy atom. The van der Waals surface area contributed by atoms with Crippen molar-refractivity contribution in [3.8, 4) is 11.3 Å². The molecule has 4 heteroatoms. The molecule has 0 bridgehead atoms. The van der Waals surface area contributed by atoms with Crippen LogP contribution in [0, 0.1) is 0 Å². The molecule has 1 heterocycles. The summed E-state index contributed by atoms with van der Waals surface area (Å²) in [7, 11) is 0. The molecule has 1 saturated carbocycles. The monoisotopic (exact) mass is 389 g/mol. The second-order valence-electron chi connectivity index (χ2n) is 7.94. The van der Waals surface area contributed by atoms with Crippen molar-refractivity contribution in [2.75, 3.05) is 5.32 Å². The molecule has 0 radical (unpaired) electrons. The molecule has 0 aliphatic heterocycles. The van der Waals surface area contributed by atoms with Gasteiger partial charge in [-0.2, -0.15) is 0 Å². The first-order chi connectivity index (χ1) is 13.8. The van der Waals surface area contributed by atoms with Gasteiger partial charge in [-0.3, -0.25) is 0 Å². The Labute approximate surface area is 171 Å². The normalized spacial score (nSPS) is 19.0. The van der Waals surface area contributed by atoms with Crippen LogP contribution in [-0.2, 0) is 6.42 Å². The lowest BCUT2D eigenvalue weighted by Crippen LogP contribution is -2.24. The van der Waals surface area contributed by atoms with Crippen molar-refractivity contribution in [1.29, 1.82) is 0 Å². The molecule has 0 amide bonds. The van der Waals surface area contributed by atoms with E-state index < -0.39 is 0 Å². The first-order valence-electron chi connectivity index (χ1n) is 10.2. The van der Waals surface area contributed by atoms with Crippen molar-refractivity contribution < 1.29 is 0 Å². The van der Waals surface area contributed by atoms with Gasteiger partial charge in [0.15, 0.2) is 0 Å². The maximum atomic E-state index is 6.10. The summed E-state index contributed by atoms with van der Waals surface area (Å²) in [6.45, 7) is 0. The Balaban J connectivity index is 1.50. The smallest absolute Gasteiger partial charge is 0.223 e. The fourth-order valence-corrected chi connectivity index (χ4v) is 4.75. The van der Waals surface area contributed by atoms with Crippen LogP contribution in [0.25, 0.3) is 11.3 Å². The summed E-state index contributed by atoms with van der Waals surface area (Å²) in [5, 5.41) is 4.35. The standard InChI is InChI=1S/C24H24ClN3/c25-18-12-10-16(11-13-18)22-14-17-15-26-24(27-19-6-2-1-3-7-19)28-23(17)21-9-5-4-8-20(21)22/h4-5,8-13,15,19,22H,1-3,6-7,14H2,(H,26,27,28). The number of fused-ring (bicyclic) bond motifs is 3. The maximum absolute atomic E-state index is 6.10. The highest BCUT2D eigenvalue weighted by Gasteiger charge is 2.27. The summed E-state index contributed by atoms with van der Waals surface area (Å²) in [6.07, 6.45) is 9.32. The molecule has 3 nitrogen and oxygen atoms in total. The third-order valence-electron chi connectivity index (χ3n) is 6.09. The molecule has 1 aromatic heterocycles. The minimum atomic E-state index is 0.307. The van der Waals surface area contributed by atoms with Gasteiger partial charge in [0.2, 0.25) is 5.95 Å². The van der Waals surface area contributed by atoms with Crippen LogP contribution in [-0.4, -0.2) is 16.0 Å². The first kappa shape index (κ1) is 17.7. The van der Waals surface area contributed by atoms with Crippen LogP contribution in [0.3, 0.4) is 0 Å².